The molecule has 4 N–H and O–H groups in total. The van der Waals surface area contributed by atoms with E-state index in [4.69, 9.17) is 54.1 Å². The van der Waals surface area contributed by atoms with Crippen molar-refractivity contribution in [2.75, 3.05) is 132 Å². The summed E-state index contributed by atoms with van der Waals surface area (Å²) in [6.45, 7) is 16.3. The number of allylic oxidation sites excluding steroid dienone is 1. The first-order valence-corrected chi connectivity index (χ1v) is 33.1. The summed E-state index contributed by atoms with van der Waals surface area (Å²) in [6, 6.07) is 30.7. The van der Waals surface area contributed by atoms with Gasteiger partial charge in [0.25, 0.3) is 0 Å². The van der Waals surface area contributed by atoms with E-state index >= 15 is 0 Å². The van der Waals surface area contributed by atoms with Crippen molar-refractivity contribution in [3.63, 3.8) is 0 Å². The highest BCUT2D eigenvalue weighted by molar-refractivity contribution is 5.95. The number of para-hydroxylation sites is 1. The molecule has 1 amide bonds. The first-order chi connectivity index (χ1) is 46.3. The van der Waals surface area contributed by atoms with E-state index in [2.05, 4.69) is 81.6 Å². The van der Waals surface area contributed by atoms with Gasteiger partial charge in [0.2, 0.25) is 23.8 Å². The molecule has 24 heteroatoms. The van der Waals surface area contributed by atoms with Gasteiger partial charge in [-0.1, -0.05) is 86.2 Å². The number of hydrogen-bond donors (Lipinski definition) is 4. The zero-order valence-electron chi connectivity index (χ0n) is 53.1. The number of anilines is 4. The Bertz CT molecular complexity index is 4270. The summed E-state index contributed by atoms with van der Waals surface area (Å²) in [5.41, 5.74) is 13.1. The smallest absolute Gasteiger partial charge is 0.244 e. The number of imidazole rings is 3. The maximum atomic E-state index is 12.6. The maximum Gasteiger partial charge on any atom is 0.244 e. The maximum absolute atomic E-state index is 12.6. The van der Waals surface area contributed by atoms with Crippen LogP contribution >= 0.6 is 0 Å². The molecular formula is C70H80N18O6. The third-order valence-electron chi connectivity index (χ3n) is 18.3. The number of nitrogens with one attached hydrogen (secondary N) is 2. The second-order valence-corrected chi connectivity index (χ2v) is 24.5. The van der Waals surface area contributed by atoms with E-state index in [-0.39, 0.29) is 24.0 Å². The lowest BCUT2D eigenvalue weighted by atomic mass is 10.00. The number of aromatic hydroxyl groups is 2. The second kappa shape index (κ2) is 28.8. The van der Waals surface area contributed by atoms with E-state index < -0.39 is 0 Å². The summed E-state index contributed by atoms with van der Waals surface area (Å²) in [4.78, 5) is 65.3. The lowest BCUT2D eigenvalue weighted by molar-refractivity contribution is -0.116. The van der Waals surface area contributed by atoms with Crippen LogP contribution in [0.15, 0.2) is 122 Å². The SMILES string of the molecule is C1=Cc2c(cccc2-c2nc(N3CCOCC3)nc3c2ncn3C2CCNCC2)C1.CCCCN1CCC(n2cnc3c(-c4cccc(O)c4)nc(N4CCOCC4)nc32)CC1.O=C(Cn1cnc2c(-c3cccc(O)c3)nc(N3CCOCC3)nc21)Nc1ccccc1. The Kier molecular flexibility index (Phi) is 19.0. The molecule has 0 radical (unpaired) electrons. The zero-order chi connectivity index (χ0) is 63.7. The molecule has 486 valence electrons. The van der Waals surface area contributed by atoms with Crippen molar-refractivity contribution in [3.05, 3.63) is 133 Å². The number of rotatable bonds is 14. The van der Waals surface area contributed by atoms with Crippen molar-refractivity contribution >= 4 is 69.0 Å². The Morgan fingerprint density at radius 3 is 1.64 bits per heavy atom. The van der Waals surface area contributed by atoms with E-state index in [1.165, 1.54) is 30.5 Å². The summed E-state index contributed by atoms with van der Waals surface area (Å²) in [6.07, 6.45) is 17.8. The molecule has 0 saturated carbocycles. The molecule has 4 aromatic carbocycles. The van der Waals surface area contributed by atoms with Gasteiger partial charge in [0.1, 0.15) is 51.7 Å². The molecule has 11 heterocycles. The third-order valence-corrected chi connectivity index (χ3v) is 18.3. The van der Waals surface area contributed by atoms with Crippen LogP contribution in [0.1, 0.15) is 68.7 Å². The predicted octanol–water partition coefficient (Wildman–Crippen LogP) is 8.97. The average Bonchev–Trinajstić information content (AvgIpc) is 1.65. The minimum atomic E-state index is -0.180. The van der Waals surface area contributed by atoms with Gasteiger partial charge in [0.05, 0.1) is 58.6 Å². The largest absolute Gasteiger partial charge is 0.508 e. The highest BCUT2D eigenvalue weighted by atomic mass is 16.5. The van der Waals surface area contributed by atoms with Gasteiger partial charge in [-0.3, -0.25) is 4.79 Å². The molecule has 16 rings (SSSR count). The number of phenolic OH excluding ortho intramolecular Hbond substituents is 2. The van der Waals surface area contributed by atoms with Crippen LogP contribution in [0, 0.1) is 0 Å². The first kappa shape index (κ1) is 62.0. The summed E-state index contributed by atoms with van der Waals surface area (Å²) >= 11 is 0. The number of benzene rings is 4. The van der Waals surface area contributed by atoms with E-state index in [9.17, 15) is 15.0 Å². The predicted molar refractivity (Wildman–Crippen MR) is 363 cm³/mol. The molecule has 5 fully saturated rings. The summed E-state index contributed by atoms with van der Waals surface area (Å²) in [5.74, 6) is 2.23. The van der Waals surface area contributed by atoms with Crippen molar-refractivity contribution in [2.24, 2.45) is 0 Å². The third kappa shape index (κ3) is 13.8. The highest BCUT2D eigenvalue weighted by Crippen LogP contribution is 2.38. The van der Waals surface area contributed by atoms with Crippen molar-refractivity contribution < 1.29 is 29.2 Å². The number of morpholine rings is 3. The highest BCUT2D eigenvalue weighted by Gasteiger charge is 2.29. The fraction of sp³-hybridized carbons (Fsp3) is 0.400. The molecular weight excluding hydrogens is 1190 g/mol. The molecule has 0 bridgehead atoms. The van der Waals surface area contributed by atoms with Crippen molar-refractivity contribution in [1.29, 1.82) is 0 Å². The molecule has 10 aromatic rings. The minimum Gasteiger partial charge on any atom is -0.508 e. The van der Waals surface area contributed by atoms with Gasteiger partial charge < -0.3 is 68.4 Å². The molecule has 6 aliphatic rings. The zero-order valence-corrected chi connectivity index (χ0v) is 53.1. The number of hydrogen-bond acceptors (Lipinski definition) is 20. The molecule has 0 atom stereocenters. The lowest BCUT2D eigenvalue weighted by Gasteiger charge is -2.32. The van der Waals surface area contributed by atoms with Gasteiger partial charge in [0, 0.05) is 86.8 Å². The summed E-state index contributed by atoms with van der Waals surface area (Å²) in [5, 5.41) is 26.4. The second-order valence-electron chi connectivity index (χ2n) is 24.5. The molecule has 5 saturated heterocycles. The number of carbonyl (C=O) groups is 1. The number of piperidine rings is 2. The Morgan fingerprint density at radius 2 is 1.07 bits per heavy atom. The van der Waals surface area contributed by atoms with Gasteiger partial charge >= 0.3 is 0 Å². The molecule has 0 unspecified atom stereocenters. The van der Waals surface area contributed by atoms with E-state index in [1.54, 1.807) is 41.2 Å². The Morgan fingerprint density at radius 1 is 0.564 bits per heavy atom. The van der Waals surface area contributed by atoms with Crippen LogP contribution in [0.5, 0.6) is 11.5 Å². The van der Waals surface area contributed by atoms with Gasteiger partial charge in [-0.05, 0) is 106 Å². The fourth-order valence-electron chi connectivity index (χ4n) is 13.3. The van der Waals surface area contributed by atoms with Crippen LogP contribution in [0.2, 0.25) is 0 Å². The van der Waals surface area contributed by atoms with Gasteiger partial charge in [-0.15, -0.1) is 0 Å². The summed E-state index contributed by atoms with van der Waals surface area (Å²) in [7, 11) is 0. The number of ether oxygens (including phenoxy) is 3. The number of unbranched alkanes of at least 4 members (excludes halogenated alkanes) is 1. The number of amides is 1. The monoisotopic (exact) mass is 1270 g/mol. The normalized spacial score (nSPS) is 17.3. The quantitative estimate of drug-likeness (QED) is 0.0792. The van der Waals surface area contributed by atoms with Crippen LogP contribution in [-0.2, 0) is 32.0 Å². The van der Waals surface area contributed by atoms with Crippen molar-refractivity contribution in [2.45, 2.75) is 70.5 Å². The van der Waals surface area contributed by atoms with Gasteiger partial charge in [-0.25, -0.2) is 29.9 Å². The first-order valence-electron chi connectivity index (χ1n) is 33.1. The number of phenols is 2. The van der Waals surface area contributed by atoms with Crippen LogP contribution in [-0.4, -0.2) is 191 Å². The molecule has 5 aliphatic heterocycles. The van der Waals surface area contributed by atoms with Crippen molar-refractivity contribution in [3.8, 4) is 45.3 Å². The van der Waals surface area contributed by atoms with Gasteiger partial charge in [-0.2, -0.15) is 15.0 Å². The Hall–Kier alpha value is -9.46. The average molecular weight is 1270 g/mol. The Balaban J connectivity index is 0.000000122. The van der Waals surface area contributed by atoms with Crippen LogP contribution < -0.4 is 25.3 Å². The molecule has 1 aliphatic carbocycles. The van der Waals surface area contributed by atoms with Crippen LogP contribution in [0.3, 0.4) is 0 Å². The number of nitrogens with zero attached hydrogens (tertiary/aromatic N) is 16. The van der Waals surface area contributed by atoms with Crippen LogP contribution in [0.4, 0.5) is 23.5 Å². The van der Waals surface area contributed by atoms with Gasteiger partial charge in [0.15, 0.2) is 16.9 Å². The standard InChI is InChI=1S/C24H32N6O2.C23H22N6O3.C23H26N6O/c1-2-3-9-28-10-7-19(8-11-28)30-17-25-22-21(18-5-4-6-20(31)16-18)26-24(27-23(22)30)29-12-14-32-15-13-29;30-18-8-4-5-16(13-18)20-21-22(27-23(26-20)28-9-11-32-12-10-28)29(15-24-21)14-19(31)25-17-6-2-1-3-7-17;1-3-16-4-2-6-19(18(16)5-1)20-21-22(27-23(26-20)28-11-13-30-14-12-28)29(15-25-21)17-7-9-24-10-8-17/h4-6,16-17,19,31H,2-3,7-15H2,1H3;1-8,13,15,30H,9-12,14H2,(H,25,31);1-2,4-6,15,17,24H,3,7-14H2. The fourth-order valence-corrected chi connectivity index (χ4v) is 13.3. The number of likely N-dealkylation sites (tertiary alicyclic amines) is 1. The van der Waals surface area contributed by atoms with Crippen molar-refractivity contribution in [1.82, 2.24) is 68.8 Å². The van der Waals surface area contributed by atoms with E-state index in [0.717, 1.165) is 147 Å². The molecule has 24 nitrogen and oxygen atoms in total. The minimum absolute atomic E-state index is 0.0600. The molecule has 6 aromatic heterocycles. The van der Waals surface area contributed by atoms with E-state index in [0.29, 0.717) is 93.6 Å². The van der Waals surface area contributed by atoms with E-state index in [1.807, 2.05) is 61.2 Å². The number of carbonyl (C=O) groups excluding carboxylic acids is 1. The van der Waals surface area contributed by atoms with Crippen LogP contribution in [0.25, 0.3) is 73.3 Å². The lowest BCUT2D eigenvalue weighted by Crippen LogP contribution is -2.37. The molecule has 0 spiro atoms. The molecule has 94 heavy (non-hydrogen) atoms. The topological polar surface area (TPSA) is 253 Å². The number of aromatic nitrogens is 12. The summed E-state index contributed by atoms with van der Waals surface area (Å²) < 4.78 is 22.8. The Labute approximate surface area is 545 Å². The number of fused-ring (bicyclic) bond motifs is 4.